The summed E-state index contributed by atoms with van der Waals surface area (Å²) in [6.45, 7) is 10.3. The second-order valence-corrected chi connectivity index (χ2v) is 5.98. The average molecular weight is 319 g/mol. The van der Waals surface area contributed by atoms with Crippen LogP contribution in [0.5, 0.6) is 0 Å². The van der Waals surface area contributed by atoms with E-state index >= 15 is 0 Å². The van der Waals surface area contributed by atoms with Crippen molar-refractivity contribution in [2.45, 2.75) is 59.5 Å². The van der Waals surface area contributed by atoms with Crippen molar-refractivity contribution in [1.29, 1.82) is 0 Å². The molecule has 6 heteroatoms. The topological polar surface area (TPSA) is 39.7 Å². The first-order chi connectivity index (χ1) is 9.22. The zero-order valence-corrected chi connectivity index (χ0v) is 15.5. The third kappa shape index (κ3) is 17.2. The van der Waals surface area contributed by atoms with E-state index in [9.17, 15) is 0 Å². The van der Waals surface area contributed by atoms with E-state index in [1.165, 1.54) is 0 Å². The molecule has 0 aromatic carbocycles. The summed E-state index contributed by atoms with van der Waals surface area (Å²) < 4.78 is 0. The molecule has 0 aromatic rings. The third-order valence-corrected chi connectivity index (χ3v) is 2.79. The minimum atomic E-state index is 0.400. The molecule has 0 rings (SSSR count). The van der Waals surface area contributed by atoms with Gasteiger partial charge in [-0.25, -0.2) is 4.99 Å². The van der Waals surface area contributed by atoms with Gasteiger partial charge in [0, 0.05) is 26.2 Å². The molecule has 4 nitrogen and oxygen atoms in total. The van der Waals surface area contributed by atoms with Crippen molar-refractivity contribution in [3.8, 4) is 0 Å². The maximum absolute atomic E-state index is 4.98. The summed E-state index contributed by atoms with van der Waals surface area (Å²) in [5.41, 5.74) is 0. The molecule has 2 atom stereocenters. The molecule has 118 valence electrons. The van der Waals surface area contributed by atoms with Crippen LogP contribution >= 0.6 is 24.4 Å². The highest BCUT2D eigenvalue weighted by atomic mass is 32.1. The third-order valence-electron chi connectivity index (χ3n) is 2.45. The van der Waals surface area contributed by atoms with Gasteiger partial charge in [-0.15, -0.1) is 0 Å². The lowest BCUT2D eigenvalue weighted by Crippen LogP contribution is -2.29. The van der Waals surface area contributed by atoms with E-state index in [0.29, 0.717) is 17.2 Å². The van der Waals surface area contributed by atoms with E-state index in [2.05, 4.69) is 43.3 Å². The van der Waals surface area contributed by atoms with Gasteiger partial charge in [-0.05, 0) is 45.8 Å². The Bertz CT molecular complexity index is 304. The molecule has 0 aliphatic heterocycles. The first kappa shape index (κ1) is 21.5. The summed E-state index contributed by atoms with van der Waals surface area (Å²) in [5.74, 6) is 0. The van der Waals surface area contributed by atoms with Crippen LogP contribution in [0.25, 0.3) is 0 Å². The van der Waals surface area contributed by atoms with Crippen molar-refractivity contribution in [1.82, 2.24) is 15.5 Å². The van der Waals surface area contributed by atoms with E-state index in [-0.39, 0.29) is 0 Å². The molecule has 0 aliphatic carbocycles. The van der Waals surface area contributed by atoms with E-state index in [1.54, 1.807) is 6.34 Å². The molecule has 0 aliphatic rings. The second-order valence-electron chi connectivity index (χ2n) is 4.98. The Hall–Kier alpha value is -0.750. The summed E-state index contributed by atoms with van der Waals surface area (Å²) in [7, 11) is 3.82. The van der Waals surface area contributed by atoms with E-state index in [1.807, 2.05) is 25.9 Å². The zero-order valence-electron chi connectivity index (χ0n) is 13.9. The Labute approximate surface area is 135 Å². The molecular formula is C14H30N4S2. The fraction of sp³-hybridized carbons (Fsp3) is 0.786. The Morgan fingerprint density at radius 2 is 1.55 bits per heavy atom. The van der Waals surface area contributed by atoms with Crippen LogP contribution in [0.4, 0.5) is 0 Å². The molecule has 0 unspecified atom stereocenters. The SMILES string of the molecule is CC[C@@H](C)NC(=S)N=CN(C)C.CC[C@@H](C)NC(C)=S. The molecule has 0 saturated carbocycles. The molecule has 20 heavy (non-hydrogen) atoms. The van der Waals surface area contributed by atoms with Crippen LogP contribution in [0, 0.1) is 0 Å². The summed E-state index contributed by atoms with van der Waals surface area (Å²) in [6, 6.07) is 0.935. The molecule has 0 heterocycles. The monoisotopic (exact) mass is 318 g/mol. The number of aliphatic imine (C=N–C) groups is 1. The van der Waals surface area contributed by atoms with Gasteiger partial charge in [0.15, 0.2) is 5.11 Å². The van der Waals surface area contributed by atoms with Crippen LogP contribution in [0.2, 0.25) is 0 Å². The predicted octanol–water partition coefficient (Wildman–Crippen LogP) is 2.97. The van der Waals surface area contributed by atoms with Crippen molar-refractivity contribution in [3.05, 3.63) is 0 Å². The Morgan fingerprint density at radius 3 is 1.85 bits per heavy atom. The molecule has 0 spiro atoms. The first-order valence-electron chi connectivity index (χ1n) is 7.01. The molecule has 0 fully saturated rings. The zero-order chi connectivity index (χ0) is 16.1. The van der Waals surface area contributed by atoms with Crippen molar-refractivity contribution in [2.24, 2.45) is 4.99 Å². The largest absolute Gasteiger partial charge is 0.377 e. The van der Waals surface area contributed by atoms with Crippen LogP contribution in [-0.2, 0) is 0 Å². The normalized spacial score (nSPS) is 12.9. The van der Waals surface area contributed by atoms with Gasteiger partial charge in [0.25, 0.3) is 0 Å². The van der Waals surface area contributed by atoms with Gasteiger partial charge in [-0.2, -0.15) is 0 Å². The number of hydrogen-bond acceptors (Lipinski definition) is 2. The number of rotatable bonds is 5. The van der Waals surface area contributed by atoms with E-state index < -0.39 is 0 Å². The summed E-state index contributed by atoms with van der Waals surface area (Å²) in [5, 5.41) is 6.77. The van der Waals surface area contributed by atoms with Crippen LogP contribution in [0.15, 0.2) is 4.99 Å². The highest BCUT2D eigenvalue weighted by molar-refractivity contribution is 7.80. The summed E-state index contributed by atoms with van der Waals surface area (Å²) in [4.78, 5) is 6.77. The van der Waals surface area contributed by atoms with Crippen molar-refractivity contribution in [2.75, 3.05) is 14.1 Å². The van der Waals surface area contributed by atoms with Gasteiger partial charge >= 0.3 is 0 Å². The molecule has 2 N–H and O–H groups in total. The number of nitrogens with one attached hydrogen (secondary N) is 2. The minimum absolute atomic E-state index is 0.400. The fourth-order valence-electron chi connectivity index (χ4n) is 0.967. The van der Waals surface area contributed by atoms with Crippen molar-refractivity contribution < 1.29 is 0 Å². The first-order valence-corrected chi connectivity index (χ1v) is 7.82. The van der Waals surface area contributed by atoms with E-state index in [0.717, 1.165) is 17.8 Å². The number of hydrogen-bond donors (Lipinski definition) is 2. The molecule has 0 radical (unpaired) electrons. The van der Waals surface area contributed by atoms with Crippen molar-refractivity contribution >= 4 is 40.9 Å². The van der Waals surface area contributed by atoms with Crippen molar-refractivity contribution in [3.63, 3.8) is 0 Å². The van der Waals surface area contributed by atoms with Crippen LogP contribution in [0.1, 0.15) is 47.5 Å². The standard InChI is InChI=1S/C8H17N3S.C6H13NS/c1-5-7(2)10-8(12)9-6-11(3)4;1-4-5(2)7-6(3)8/h6-7H,5H2,1-4H3,(H,10,12);5H,4H2,1-3H3,(H,7,8)/t7-;5-/m11/s1. The quantitative estimate of drug-likeness (QED) is 0.463. The Balaban J connectivity index is 0. The van der Waals surface area contributed by atoms with Gasteiger partial charge in [-0.3, -0.25) is 0 Å². The van der Waals surface area contributed by atoms with Crippen LogP contribution in [0.3, 0.4) is 0 Å². The van der Waals surface area contributed by atoms with Gasteiger partial charge < -0.3 is 15.5 Å². The Kier molecular flexibility index (Phi) is 14.3. The average Bonchev–Trinajstić information content (AvgIpc) is 2.36. The van der Waals surface area contributed by atoms with Gasteiger partial charge in [0.1, 0.15) is 0 Å². The summed E-state index contributed by atoms with van der Waals surface area (Å²) >= 11 is 9.81. The highest BCUT2D eigenvalue weighted by Gasteiger charge is 1.98. The summed E-state index contributed by atoms with van der Waals surface area (Å²) in [6.07, 6.45) is 3.88. The number of thiocarbonyl (C=S) groups is 2. The molecule has 0 amide bonds. The lowest BCUT2D eigenvalue weighted by Gasteiger charge is -2.10. The van der Waals surface area contributed by atoms with Gasteiger partial charge in [-0.1, -0.05) is 26.1 Å². The molecule has 0 bridgehead atoms. The lowest BCUT2D eigenvalue weighted by molar-refractivity contribution is 0.634. The lowest BCUT2D eigenvalue weighted by atomic mass is 10.3. The predicted molar refractivity (Wildman–Crippen MR) is 98.8 cm³/mol. The maximum Gasteiger partial charge on any atom is 0.194 e. The van der Waals surface area contributed by atoms with E-state index in [4.69, 9.17) is 24.4 Å². The van der Waals surface area contributed by atoms with Crippen LogP contribution < -0.4 is 10.6 Å². The Morgan fingerprint density at radius 1 is 1.10 bits per heavy atom. The molecule has 0 aromatic heterocycles. The maximum atomic E-state index is 4.98. The van der Waals surface area contributed by atoms with Gasteiger partial charge in [0.2, 0.25) is 0 Å². The smallest absolute Gasteiger partial charge is 0.194 e. The van der Waals surface area contributed by atoms with Gasteiger partial charge in [0.05, 0.1) is 11.3 Å². The molecule has 0 saturated heterocycles. The second kappa shape index (κ2) is 13.2. The highest BCUT2D eigenvalue weighted by Crippen LogP contribution is 1.88. The fourth-order valence-corrected chi connectivity index (χ4v) is 1.42. The number of nitrogens with zero attached hydrogens (tertiary/aromatic N) is 2. The van der Waals surface area contributed by atoms with Crippen LogP contribution in [-0.4, -0.2) is 47.5 Å². The molecular weight excluding hydrogens is 288 g/mol. The minimum Gasteiger partial charge on any atom is -0.377 e.